The smallest absolute Gasteiger partial charge is 0.245 e. The van der Waals surface area contributed by atoms with Crippen molar-refractivity contribution in [1.82, 2.24) is 15.2 Å². The van der Waals surface area contributed by atoms with E-state index in [1.165, 1.54) is 0 Å². The summed E-state index contributed by atoms with van der Waals surface area (Å²) >= 11 is 0. The number of rotatable bonds is 2. The first-order chi connectivity index (χ1) is 8.43. The van der Waals surface area contributed by atoms with E-state index in [1.54, 1.807) is 24.9 Å². The number of carbonyl (C=O) groups excluding carboxylic acids is 2. The van der Waals surface area contributed by atoms with Crippen LogP contribution in [0.5, 0.6) is 0 Å². The summed E-state index contributed by atoms with van der Waals surface area (Å²) in [6, 6.07) is 3.80. The van der Waals surface area contributed by atoms with Crippen LogP contribution in [0.2, 0.25) is 0 Å². The van der Waals surface area contributed by atoms with E-state index in [2.05, 4.69) is 10.3 Å². The van der Waals surface area contributed by atoms with E-state index in [-0.39, 0.29) is 18.4 Å². The summed E-state index contributed by atoms with van der Waals surface area (Å²) in [7, 11) is 0. The van der Waals surface area contributed by atoms with Gasteiger partial charge in [-0.25, -0.2) is 0 Å². The highest BCUT2D eigenvalue weighted by molar-refractivity contribution is 5.97. The van der Waals surface area contributed by atoms with Gasteiger partial charge in [0, 0.05) is 6.20 Å². The number of nitrogens with one attached hydrogen (secondary N) is 1. The largest absolute Gasteiger partial charge is 0.345 e. The molecule has 0 aromatic carbocycles. The quantitative estimate of drug-likeness (QED) is 0.833. The van der Waals surface area contributed by atoms with Crippen molar-refractivity contribution in [1.29, 1.82) is 0 Å². The Hall–Kier alpha value is -1.91. The molecule has 1 fully saturated rings. The molecule has 5 heteroatoms. The summed E-state index contributed by atoms with van der Waals surface area (Å²) < 4.78 is 0. The van der Waals surface area contributed by atoms with Crippen LogP contribution >= 0.6 is 0 Å². The number of hydrogen-bond acceptors (Lipinski definition) is 3. The van der Waals surface area contributed by atoms with Crippen molar-refractivity contribution >= 4 is 11.8 Å². The fourth-order valence-electron chi connectivity index (χ4n) is 2.02. The zero-order valence-corrected chi connectivity index (χ0v) is 10.9. The lowest BCUT2D eigenvalue weighted by atomic mass is 9.98. The molecule has 1 aliphatic heterocycles. The van der Waals surface area contributed by atoms with E-state index in [9.17, 15) is 9.59 Å². The van der Waals surface area contributed by atoms with Crippen LogP contribution in [0.4, 0.5) is 0 Å². The third kappa shape index (κ3) is 2.08. The summed E-state index contributed by atoms with van der Waals surface area (Å²) in [6.45, 7) is 5.87. The second kappa shape index (κ2) is 4.40. The van der Waals surface area contributed by atoms with E-state index in [1.807, 2.05) is 19.1 Å². The number of amides is 2. The molecule has 0 atom stereocenters. The Balaban J connectivity index is 2.29. The fraction of sp³-hybridized carbons (Fsp3) is 0.462. The number of carbonyl (C=O) groups is 2. The number of aryl methyl sites for hydroxylation is 1. The summed E-state index contributed by atoms with van der Waals surface area (Å²) in [6.07, 6.45) is 1.70. The summed E-state index contributed by atoms with van der Waals surface area (Å²) in [4.78, 5) is 29.6. The summed E-state index contributed by atoms with van der Waals surface area (Å²) in [5.41, 5.74) is 1.01. The molecule has 1 N–H and O–H groups in total. The van der Waals surface area contributed by atoms with Gasteiger partial charge in [-0.1, -0.05) is 6.07 Å². The fourth-order valence-corrected chi connectivity index (χ4v) is 2.02. The highest BCUT2D eigenvalue weighted by atomic mass is 16.2. The van der Waals surface area contributed by atoms with Crippen LogP contribution in [0.3, 0.4) is 0 Å². The molecule has 18 heavy (non-hydrogen) atoms. The Labute approximate surface area is 106 Å². The van der Waals surface area contributed by atoms with Gasteiger partial charge >= 0.3 is 0 Å². The average molecular weight is 247 g/mol. The zero-order chi connectivity index (χ0) is 13.3. The minimum absolute atomic E-state index is 0.0636. The molecule has 5 nitrogen and oxygen atoms in total. The van der Waals surface area contributed by atoms with Gasteiger partial charge in [0.05, 0.1) is 18.8 Å². The Morgan fingerprint density at radius 3 is 2.83 bits per heavy atom. The number of aromatic nitrogens is 1. The van der Waals surface area contributed by atoms with Crippen LogP contribution in [0.1, 0.15) is 25.1 Å². The van der Waals surface area contributed by atoms with Gasteiger partial charge in [0.25, 0.3) is 0 Å². The third-order valence-electron chi connectivity index (χ3n) is 3.36. The molecule has 0 saturated carbocycles. The van der Waals surface area contributed by atoms with Crippen LogP contribution in [-0.4, -0.2) is 33.8 Å². The molecule has 2 amide bonds. The molecule has 1 saturated heterocycles. The van der Waals surface area contributed by atoms with Gasteiger partial charge in [0.1, 0.15) is 5.54 Å². The molecule has 0 radical (unpaired) electrons. The van der Waals surface area contributed by atoms with Crippen LogP contribution in [0.15, 0.2) is 18.3 Å². The molecular formula is C13H17N3O2. The maximum Gasteiger partial charge on any atom is 0.245 e. The normalized spacial score (nSPS) is 18.7. The predicted molar refractivity (Wildman–Crippen MR) is 66.6 cm³/mol. The average Bonchev–Trinajstić information content (AvgIpc) is 2.32. The van der Waals surface area contributed by atoms with Gasteiger partial charge in [-0.2, -0.15) is 0 Å². The van der Waals surface area contributed by atoms with Gasteiger partial charge in [0.2, 0.25) is 11.8 Å². The number of piperazine rings is 1. The van der Waals surface area contributed by atoms with Crippen LogP contribution < -0.4 is 5.32 Å². The maximum atomic E-state index is 12.0. The minimum atomic E-state index is -0.834. The van der Waals surface area contributed by atoms with Gasteiger partial charge in [-0.15, -0.1) is 0 Å². The summed E-state index contributed by atoms with van der Waals surface area (Å²) in [5, 5.41) is 2.60. The Morgan fingerprint density at radius 1 is 1.44 bits per heavy atom. The van der Waals surface area contributed by atoms with E-state index >= 15 is 0 Å². The molecule has 0 bridgehead atoms. The molecule has 2 heterocycles. The van der Waals surface area contributed by atoms with Crippen LogP contribution in [0.25, 0.3) is 0 Å². The van der Waals surface area contributed by atoms with Crippen molar-refractivity contribution in [3.63, 3.8) is 0 Å². The molecule has 96 valence electrons. The van der Waals surface area contributed by atoms with Crippen molar-refractivity contribution in [2.24, 2.45) is 0 Å². The summed E-state index contributed by atoms with van der Waals surface area (Å²) in [5.74, 6) is -0.208. The number of pyridine rings is 1. The van der Waals surface area contributed by atoms with Crippen molar-refractivity contribution in [2.45, 2.75) is 32.9 Å². The standard InChI is InChI=1S/C13H17N3O2/c1-9-5-4-6-14-10(9)8-16-11(17)7-15-12(18)13(16,2)3/h4-6H,7-8H2,1-3H3,(H,15,18). The minimum Gasteiger partial charge on any atom is -0.345 e. The van der Waals surface area contributed by atoms with Gasteiger partial charge < -0.3 is 10.2 Å². The first-order valence-corrected chi connectivity index (χ1v) is 5.92. The second-order valence-electron chi connectivity index (χ2n) is 4.99. The van der Waals surface area contributed by atoms with Crippen molar-refractivity contribution in [3.05, 3.63) is 29.6 Å². The molecule has 0 spiro atoms. The zero-order valence-electron chi connectivity index (χ0n) is 10.9. The molecule has 2 rings (SSSR count). The van der Waals surface area contributed by atoms with E-state index < -0.39 is 5.54 Å². The number of hydrogen-bond donors (Lipinski definition) is 1. The Kier molecular flexibility index (Phi) is 3.07. The Bertz CT molecular complexity index is 497. The topological polar surface area (TPSA) is 62.3 Å². The monoisotopic (exact) mass is 247 g/mol. The Morgan fingerprint density at radius 2 is 2.17 bits per heavy atom. The molecular weight excluding hydrogens is 230 g/mol. The first-order valence-electron chi connectivity index (χ1n) is 5.92. The van der Waals surface area contributed by atoms with Gasteiger partial charge in [0.15, 0.2) is 0 Å². The lowest BCUT2D eigenvalue weighted by Gasteiger charge is -2.41. The van der Waals surface area contributed by atoms with Crippen molar-refractivity contribution < 1.29 is 9.59 Å². The molecule has 1 aromatic rings. The van der Waals surface area contributed by atoms with E-state index in [0.29, 0.717) is 6.54 Å². The highest BCUT2D eigenvalue weighted by Gasteiger charge is 2.41. The predicted octanol–water partition coefficient (Wildman–Crippen LogP) is 0.627. The van der Waals surface area contributed by atoms with Gasteiger partial charge in [-0.3, -0.25) is 14.6 Å². The van der Waals surface area contributed by atoms with Crippen molar-refractivity contribution in [3.8, 4) is 0 Å². The molecule has 0 aliphatic carbocycles. The number of nitrogens with zero attached hydrogens (tertiary/aromatic N) is 2. The van der Waals surface area contributed by atoms with E-state index in [4.69, 9.17) is 0 Å². The third-order valence-corrected chi connectivity index (χ3v) is 3.36. The maximum absolute atomic E-state index is 12.0. The van der Waals surface area contributed by atoms with E-state index in [0.717, 1.165) is 11.3 Å². The lowest BCUT2D eigenvalue weighted by molar-refractivity contribution is -0.152. The first kappa shape index (κ1) is 12.5. The van der Waals surface area contributed by atoms with Crippen molar-refractivity contribution in [2.75, 3.05) is 6.54 Å². The molecule has 1 aromatic heterocycles. The molecule has 0 unspecified atom stereocenters. The molecule has 1 aliphatic rings. The SMILES string of the molecule is Cc1cccnc1CN1C(=O)CNC(=O)C1(C)C. The highest BCUT2D eigenvalue weighted by Crippen LogP contribution is 2.21. The van der Waals surface area contributed by atoms with Crippen LogP contribution in [-0.2, 0) is 16.1 Å². The second-order valence-corrected chi connectivity index (χ2v) is 4.99. The lowest BCUT2D eigenvalue weighted by Crippen LogP contribution is -2.63. The van der Waals surface area contributed by atoms with Gasteiger partial charge in [-0.05, 0) is 32.4 Å². The van der Waals surface area contributed by atoms with Crippen LogP contribution in [0, 0.1) is 6.92 Å².